The van der Waals surface area contributed by atoms with Crippen LogP contribution in [0, 0.1) is 0 Å². The average molecular weight is 257 g/mol. The van der Waals surface area contributed by atoms with Gasteiger partial charge in [-0.05, 0) is 37.5 Å². The second-order valence-electron chi connectivity index (χ2n) is 4.58. The predicted octanol–water partition coefficient (Wildman–Crippen LogP) is 3.51. The molecule has 0 bridgehead atoms. The van der Waals surface area contributed by atoms with Gasteiger partial charge in [-0.1, -0.05) is 0 Å². The maximum absolute atomic E-state index is 12.8. The van der Waals surface area contributed by atoms with E-state index in [4.69, 9.17) is 0 Å². The van der Waals surface area contributed by atoms with Gasteiger partial charge in [-0.15, -0.1) is 0 Å². The highest BCUT2D eigenvalue weighted by molar-refractivity contribution is 5.79. The molecule has 0 N–H and O–H groups in total. The van der Waals surface area contributed by atoms with E-state index in [-0.39, 0.29) is 11.8 Å². The smallest absolute Gasteiger partial charge is 0.372 e. The van der Waals surface area contributed by atoms with Gasteiger partial charge in [0.1, 0.15) is 0 Å². The average Bonchev–Trinajstić information content (AvgIpc) is 2.24. The molecular weight excluding hydrogens is 243 g/mol. The lowest BCUT2D eigenvalue weighted by Gasteiger charge is -2.36. The Bertz CT molecular complexity index is 452. The van der Waals surface area contributed by atoms with E-state index in [1.165, 1.54) is 6.07 Å². The van der Waals surface area contributed by atoms with Gasteiger partial charge in [0.15, 0.2) is 6.29 Å². The molecule has 1 saturated carbocycles. The highest BCUT2D eigenvalue weighted by Gasteiger charge is 2.34. The predicted molar refractivity (Wildman–Crippen MR) is 62.9 cm³/mol. The van der Waals surface area contributed by atoms with Crippen LogP contribution in [-0.2, 0) is 6.18 Å². The fourth-order valence-electron chi connectivity index (χ4n) is 2.10. The summed E-state index contributed by atoms with van der Waals surface area (Å²) in [7, 11) is 1.79. The molecule has 18 heavy (non-hydrogen) atoms. The molecule has 0 amide bonds. The number of aldehydes is 1. The van der Waals surface area contributed by atoms with Crippen LogP contribution in [0.15, 0.2) is 18.2 Å². The Balaban J connectivity index is 2.35. The molecule has 0 heterocycles. The Hall–Kier alpha value is -1.52. The first-order valence-corrected chi connectivity index (χ1v) is 5.82. The molecule has 0 saturated heterocycles. The first-order valence-electron chi connectivity index (χ1n) is 5.82. The van der Waals surface area contributed by atoms with Crippen molar-refractivity contribution in [1.82, 2.24) is 0 Å². The zero-order valence-corrected chi connectivity index (χ0v) is 10.00. The number of anilines is 1. The molecule has 1 aliphatic rings. The zero-order chi connectivity index (χ0) is 13.3. The van der Waals surface area contributed by atoms with E-state index in [1.54, 1.807) is 13.1 Å². The van der Waals surface area contributed by atoms with Crippen LogP contribution in [-0.4, -0.2) is 19.4 Å². The largest absolute Gasteiger partial charge is 0.417 e. The molecule has 0 spiro atoms. The molecule has 2 nitrogen and oxygen atoms in total. The number of alkyl halides is 3. The highest BCUT2D eigenvalue weighted by Crippen LogP contribution is 2.35. The monoisotopic (exact) mass is 257 g/mol. The summed E-state index contributed by atoms with van der Waals surface area (Å²) in [6.07, 6.45) is -1.11. The fourth-order valence-corrected chi connectivity index (χ4v) is 2.10. The van der Waals surface area contributed by atoms with E-state index in [0.29, 0.717) is 11.7 Å². The van der Waals surface area contributed by atoms with E-state index in [1.807, 2.05) is 4.90 Å². The number of hydrogen-bond donors (Lipinski definition) is 0. The SMILES string of the molecule is CN(c1ccc(C=O)c(C(F)(F)F)c1)C1CCC1. The Kier molecular flexibility index (Phi) is 3.32. The first kappa shape index (κ1) is 12.9. The van der Waals surface area contributed by atoms with E-state index >= 15 is 0 Å². The second-order valence-corrected chi connectivity index (χ2v) is 4.58. The van der Waals surface area contributed by atoms with Crippen molar-refractivity contribution in [2.75, 3.05) is 11.9 Å². The molecule has 98 valence electrons. The van der Waals surface area contributed by atoms with Crippen molar-refractivity contribution in [3.63, 3.8) is 0 Å². The summed E-state index contributed by atoms with van der Waals surface area (Å²) in [6, 6.07) is 4.17. The molecule has 1 aromatic carbocycles. The number of rotatable bonds is 3. The minimum Gasteiger partial charge on any atom is -0.372 e. The number of carbonyl (C=O) groups excluding carboxylic acids is 1. The van der Waals surface area contributed by atoms with Gasteiger partial charge in [0.05, 0.1) is 5.56 Å². The first-order chi connectivity index (χ1) is 8.43. The third-order valence-electron chi connectivity index (χ3n) is 3.50. The number of halogens is 3. The Morgan fingerprint density at radius 3 is 2.44 bits per heavy atom. The molecule has 0 atom stereocenters. The topological polar surface area (TPSA) is 20.3 Å². The van der Waals surface area contributed by atoms with Crippen LogP contribution in [0.4, 0.5) is 18.9 Å². The maximum atomic E-state index is 12.8. The van der Waals surface area contributed by atoms with Crippen LogP contribution in [0.3, 0.4) is 0 Å². The number of hydrogen-bond acceptors (Lipinski definition) is 2. The third kappa shape index (κ3) is 2.35. The highest BCUT2D eigenvalue weighted by atomic mass is 19.4. The lowest BCUT2D eigenvalue weighted by atomic mass is 9.91. The van der Waals surface area contributed by atoms with Gasteiger partial charge in [-0.3, -0.25) is 4.79 Å². The Labute approximate surface area is 103 Å². The molecule has 0 radical (unpaired) electrons. The minimum absolute atomic E-state index is 0.246. The summed E-state index contributed by atoms with van der Waals surface area (Å²) in [5, 5.41) is 0. The Morgan fingerprint density at radius 1 is 1.33 bits per heavy atom. The fraction of sp³-hybridized carbons (Fsp3) is 0.462. The zero-order valence-electron chi connectivity index (χ0n) is 10.00. The summed E-state index contributed by atoms with van der Waals surface area (Å²) < 4.78 is 38.4. The van der Waals surface area contributed by atoms with Crippen molar-refractivity contribution in [3.8, 4) is 0 Å². The molecular formula is C13H14F3NO. The van der Waals surface area contributed by atoms with Crippen LogP contribution in [0.5, 0.6) is 0 Å². The summed E-state index contributed by atoms with van der Waals surface area (Å²) in [4.78, 5) is 12.5. The third-order valence-corrected chi connectivity index (χ3v) is 3.50. The summed E-state index contributed by atoms with van der Waals surface area (Å²) >= 11 is 0. The summed E-state index contributed by atoms with van der Waals surface area (Å²) in [5.41, 5.74) is -0.660. The van der Waals surface area contributed by atoms with E-state index in [0.717, 1.165) is 25.3 Å². The number of carbonyl (C=O) groups is 1. The van der Waals surface area contributed by atoms with Crippen LogP contribution in [0.2, 0.25) is 0 Å². The van der Waals surface area contributed by atoms with Crippen LogP contribution in [0.1, 0.15) is 35.2 Å². The molecule has 0 aliphatic heterocycles. The molecule has 5 heteroatoms. The van der Waals surface area contributed by atoms with Gasteiger partial charge in [-0.25, -0.2) is 0 Å². The number of benzene rings is 1. The second kappa shape index (κ2) is 4.63. The standard InChI is InChI=1S/C13H14F3NO/c1-17(10-3-2-4-10)11-6-5-9(8-18)12(7-11)13(14,15)16/h5-8,10H,2-4H2,1H3. The van der Waals surface area contributed by atoms with Crippen molar-refractivity contribution in [3.05, 3.63) is 29.3 Å². The van der Waals surface area contributed by atoms with Crippen molar-refractivity contribution < 1.29 is 18.0 Å². The van der Waals surface area contributed by atoms with E-state index in [9.17, 15) is 18.0 Å². The van der Waals surface area contributed by atoms with Crippen LogP contribution in [0.25, 0.3) is 0 Å². The van der Waals surface area contributed by atoms with Gasteiger partial charge in [0.2, 0.25) is 0 Å². The van der Waals surface area contributed by atoms with Crippen molar-refractivity contribution in [1.29, 1.82) is 0 Å². The molecule has 1 aliphatic carbocycles. The lowest BCUT2D eigenvalue weighted by Crippen LogP contribution is -2.37. The van der Waals surface area contributed by atoms with Crippen molar-refractivity contribution in [2.45, 2.75) is 31.5 Å². The Morgan fingerprint density at radius 2 is 2.00 bits per heavy atom. The van der Waals surface area contributed by atoms with Crippen molar-refractivity contribution in [2.24, 2.45) is 0 Å². The van der Waals surface area contributed by atoms with Crippen LogP contribution < -0.4 is 4.90 Å². The maximum Gasteiger partial charge on any atom is 0.417 e. The van der Waals surface area contributed by atoms with Gasteiger partial charge in [0.25, 0.3) is 0 Å². The quantitative estimate of drug-likeness (QED) is 0.772. The van der Waals surface area contributed by atoms with E-state index < -0.39 is 11.7 Å². The van der Waals surface area contributed by atoms with Crippen LogP contribution >= 0.6 is 0 Å². The minimum atomic E-state index is -4.49. The van der Waals surface area contributed by atoms with E-state index in [2.05, 4.69) is 0 Å². The molecule has 1 aromatic rings. The summed E-state index contributed by atoms with van der Waals surface area (Å²) in [6.45, 7) is 0. The van der Waals surface area contributed by atoms with Gasteiger partial charge in [-0.2, -0.15) is 13.2 Å². The normalized spacial score (nSPS) is 16.2. The molecule has 0 aromatic heterocycles. The summed E-state index contributed by atoms with van der Waals surface area (Å²) in [5.74, 6) is 0. The van der Waals surface area contributed by atoms with Gasteiger partial charge < -0.3 is 4.90 Å². The van der Waals surface area contributed by atoms with Gasteiger partial charge >= 0.3 is 6.18 Å². The molecule has 2 rings (SSSR count). The number of nitrogens with zero attached hydrogens (tertiary/aromatic N) is 1. The lowest BCUT2D eigenvalue weighted by molar-refractivity contribution is -0.137. The van der Waals surface area contributed by atoms with Crippen molar-refractivity contribution >= 4 is 12.0 Å². The molecule has 1 fully saturated rings. The van der Waals surface area contributed by atoms with Gasteiger partial charge in [0, 0.05) is 24.3 Å². The molecule has 0 unspecified atom stereocenters.